The maximum Gasteiger partial charge on any atom is 0.287 e. The third-order valence-electron chi connectivity index (χ3n) is 3.91. The van der Waals surface area contributed by atoms with Crippen molar-refractivity contribution in [1.82, 2.24) is 10.2 Å². The van der Waals surface area contributed by atoms with Gasteiger partial charge in [0.1, 0.15) is 5.76 Å². The van der Waals surface area contributed by atoms with E-state index in [1.165, 1.54) is 17.0 Å². The first-order valence-electron chi connectivity index (χ1n) is 7.77. The Morgan fingerprint density at radius 3 is 3.09 bits per heavy atom. The summed E-state index contributed by atoms with van der Waals surface area (Å²) in [6, 6.07) is 6.90. The highest BCUT2D eigenvalue weighted by Gasteiger charge is 2.23. The summed E-state index contributed by atoms with van der Waals surface area (Å²) in [4.78, 5) is 27.5. The van der Waals surface area contributed by atoms with Crippen LogP contribution in [0.4, 0.5) is 0 Å². The summed E-state index contributed by atoms with van der Waals surface area (Å²) >= 11 is 1.75. The van der Waals surface area contributed by atoms with Gasteiger partial charge < -0.3 is 9.73 Å². The van der Waals surface area contributed by atoms with E-state index in [0.717, 1.165) is 32.5 Å². The fourth-order valence-electron chi connectivity index (χ4n) is 2.91. The van der Waals surface area contributed by atoms with Crippen molar-refractivity contribution in [2.75, 3.05) is 13.1 Å². The number of rotatable bonds is 4. The predicted molar refractivity (Wildman–Crippen MR) is 89.8 cm³/mol. The van der Waals surface area contributed by atoms with Crippen LogP contribution in [0.2, 0.25) is 0 Å². The Kier molecular flexibility index (Phi) is 4.93. The highest BCUT2D eigenvalue weighted by Crippen LogP contribution is 2.17. The first-order chi connectivity index (χ1) is 11.1. The van der Waals surface area contributed by atoms with Gasteiger partial charge in [0.25, 0.3) is 5.91 Å². The van der Waals surface area contributed by atoms with Crippen molar-refractivity contribution < 1.29 is 9.21 Å². The lowest BCUT2D eigenvalue weighted by molar-refractivity contribution is 0.0869. The van der Waals surface area contributed by atoms with E-state index in [9.17, 15) is 9.59 Å². The van der Waals surface area contributed by atoms with E-state index in [2.05, 4.69) is 27.7 Å². The number of amides is 1. The molecule has 1 N–H and O–H groups in total. The number of likely N-dealkylation sites (tertiary alicyclic amines) is 1. The van der Waals surface area contributed by atoms with Gasteiger partial charge in [0.2, 0.25) is 0 Å². The Balaban J connectivity index is 1.60. The Morgan fingerprint density at radius 2 is 2.35 bits per heavy atom. The van der Waals surface area contributed by atoms with Crippen LogP contribution in [-0.2, 0) is 6.54 Å². The molecular weight excluding hydrogens is 312 g/mol. The molecule has 0 radical (unpaired) electrons. The second-order valence-electron chi connectivity index (χ2n) is 5.90. The number of carbonyl (C=O) groups is 1. The van der Waals surface area contributed by atoms with Crippen LogP contribution in [0.1, 0.15) is 34.0 Å². The third-order valence-corrected chi connectivity index (χ3v) is 4.78. The lowest BCUT2D eigenvalue weighted by atomic mass is 10.1. The first kappa shape index (κ1) is 16.0. The number of nitrogens with one attached hydrogen (secondary N) is 1. The number of aryl methyl sites for hydroxylation is 1. The minimum absolute atomic E-state index is 0.0852. The van der Waals surface area contributed by atoms with E-state index >= 15 is 0 Å². The Labute approximate surface area is 138 Å². The molecule has 0 aliphatic carbocycles. The van der Waals surface area contributed by atoms with Gasteiger partial charge in [-0.15, -0.1) is 11.3 Å². The van der Waals surface area contributed by atoms with Crippen molar-refractivity contribution in [3.05, 3.63) is 56.3 Å². The molecule has 0 aromatic carbocycles. The zero-order chi connectivity index (χ0) is 16.2. The van der Waals surface area contributed by atoms with Crippen molar-refractivity contribution in [2.24, 2.45) is 0 Å². The number of nitrogens with zero attached hydrogens (tertiary/aromatic N) is 1. The molecule has 1 aliphatic rings. The maximum atomic E-state index is 12.3. The van der Waals surface area contributed by atoms with Crippen molar-refractivity contribution in [3.63, 3.8) is 0 Å². The van der Waals surface area contributed by atoms with Crippen LogP contribution in [0.15, 0.2) is 38.9 Å². The van der Waals surface area contributed by atoms with Gasteiger partial charge in [-0.25, -0.2) is 0 Å². The third kappa shape index (κ3) is 4.30. The maximum absolute atomic E-state index is 12.3. The van der Waals surface area contributed by atoms with Gasteiger partial charge >= 0.3 is 0 Å². The molecule has 122 valence electrons. The molecule has 1 saturated heterocycles. The van der Waals surface area contributed by atoms with Crippen molar-refractivity contribution in [2.45, 2.75) is 32.4 Å². The van der Waals surface area contributed by atoms with E-state index in [4.69, 9.17) is 4.42 Å². The molecule has 1 fully saturated rings. The molecule has 1 amide bonds. The quantitative estimate of drug-likeness (QED) is 0.934. The second-order valence-corrected chi connectivity index (χ2v) is 6.93. The Hall–Kier alpha value is -1.92. The molecule has 0 saturated carbocycles. The van der Waals surface area contributed by atoms with E-state index in [1.807, 2.05) is 0 Å². The number of hydrogen-bond acceptors (Lipinski definition) is 5. The Morgan fingerprint density at radius 1 is 1.48 bits per heavy atom. The number of carbonyl (C=O) groups excluding carboxylic acids is 1. The SMILES string of the molecule is Cc1cc(=O)cc(C(=O)N[C@@H]2CCCN(Cc3cccs3)C2)o1. The van der Waals surface area contributed by atoms with E-state index in [-0.39, 0.29) is 23.1 Å². The fraction of sp³-hybridized carbons (Fsp3) is 0.412. The average Bonchev–Trinajstić information content (AvgIpc) is 2.99. The molecular formula is C17H20N2O3S. The molecule has 3 heterocycles. The molecule has 6 heteroatoms. The molecule has 0 spiro atoms. The zero-order valence-corrected chi connectivity index (χ0v) is 13.9. The van der Waals surface area contributed by atoms with Gasteiger partial charge in [0.15, 0.2) is 11.2 Å². The van der Waals surface area contributed by atoms with Crippen LogP contribution in [0.25, 0.3) is 0 Å². The normalized spacial score (nSPS) is 18.7. The molecule has 0 unspecified atom stereocenters. The van der Waals surface area contributed by atoms with Crippen LogP contribution in [0.3, 0.4) is 0 Å². The lowest BCUT2D eigenvalue weighted by Crippen LogP contribution is -2.47. The molecule has 1 aliphatic heterocycles. The van der Waals surface area contributed by atoms with Crippen LogP contribution >= 0.6 is 11.3 Å². The van der Waals surface area contributed by atoms with Crippen LogP contribution in [-0.4, -0.2) is 29.9 Å². The van der Waals surface area contributed by atoms with E-state index < -0.39 is 0 Å². The highest BCUT2D eigenvalue weighted by atomic mass is 32.1. The van der Waals surface area contributed by atoms with Gasteiger partial charge in [-0.1, -0.05) is 6.07 Å². The van der Waals surface area contributed by atoms with Crippen LogP contribution in [0.5, 0.6) is 0 Å². The van der Waals surface area contributed by atoms with Crippen molar-refractivity contribution in [1.29, 1.82) is 0 Å². The molecule has 0 bridgehead atoms. The average molecular weight is 332 g/mol. The molecule has 3 rings (SSSR count). The molecule has 5 nitrogen and oxygen atoms in total. The summed E-state index contributed by atoms with van der Waals surface area (Å²) in [5, 5.41) is 5.07. The number of hydrogen-bond donors (Lipinski definition) is 1. The smallest absolute Gasteiger partial charge is 0.287 e. The topological polar surface area (TPSA) is 62.6 Å². The second kappa shape index (κ2) is 7.10. The van der Waals surface area contributed by atoms with Gasteiger partial charge in [-0.05, 0) is 37.8 Å². The molecule has 2 aromatic rings. The Bertz CT molecular complexity index is 724. The summed E-state index contributed by atoms with van der Waals surface area (Å²) < 4.78 is 5.35. The number of thiophene rings is 1. The predicted octanol–water partition coefficient (Wildman–Crippen LogP) is 2.40. The highest BCUT2D eigenvalue weighted by molar-refractivity contribution is 7.09. The largest absolute Gasteiger partial charge is 0.456 e. The van der Waals surface area contributed by atoms with E-state index in [1.54, 1.807) is 18.3 Å². The summed E-state index contributed by atoms with van der Waals surface area (Å²) in [5.74, 6) is 0.227. The van der Waals surface area contributed by atoms with Crippen molar-refractivity contribution in [3.8, 4) is 0 Å². The summed E-state index contributed by atoms with van der Waals surface area (Å²) in [7, 11) is 0. The minimum atomic E-state index is -0.311. The van der Waals surface area contributed by atoms with Gasteiger partial charge in [-0.3, -0.25) is 14.5 Å². The van der Waals surface area contributed by atoms with Gasteiger partial charge in [-0.2, -0.15) is 0 Å². The molecule has 2 aromatic heterocycles. The summed E-state index contributed by atoms with van der Waals surface area (Å²) in [6.45, 7) is 4.45. The van der Waals surface area contributed by atoms with Crippen LogP contribution in [0, 0.1) is 6.92 Å². The van der Waals surface area contributed by atoms with Crippen molar-refractivity contribution >= 4 is 17.2 Å². The van der Waals surface area contributed by atoms with Crippen LogP contribution < -0.4 is 10.7 Å². The number of piperidine rings is 1. The van der Waals surface area contributed by atoms with Gasteiger partial charge in [0.05, 0.1) is 0 Å². The zero-order valence-electron chi connectivity index (χ0n) is 13.1. The first-order valence-corrected chi connectivity index (χ1v) is 8.65. The summed E-state index contributed by atoms with van der Waals surface area (Å²) in [6.07, 6.45) is 2.00. The standard InChI is InChI=1S/C17H20N2O3S/c1-12-8-14(20)9-16(22-12)17(21)18-13-4-2-6-19(10-13)11-15-5-3-7-23-15/h3,5,7-9,13H,2,4,6,10-11H2,1H3,(H,18,21)/t13-/m1/s1. The molecule has 1 atom stereocenters. The van der Waals surface area contributed by atoms with Gasteiger partial charge in [0, 0.05) is 36.1 Å². The minimum Gasteiger partial charge on any atom is -0.456 e. The summed E-state index contributed by atoms with van der Waals surface area (Å²) in [5.41, 5.74) is -0.207. The lowest BCUT2D eigenvalue weighted by Gasteiger charge is -2.32. The fourth-order valence-corrected chi connectivity index (χ4v) is 3.66. The monoisotopic (exact) mass is 332 g/mol. The van der Waals surface area contributed by atoms with E-state index in [0.29, 0.717) is 5.76 Å². The molecule has 23 heavy (non-hydrogen) atoms.